The number of nitro benzene ring substituents is 2. The topological polar surface area (TPSA) is 181 Å². The van der Waals surface area contributed by atoms with Gasteiger partial charge in [0.25, 0.3) is 11.4 Å². The Hall–Kier alpha value is -5.31. The van der Waals surface area contributed by atoms with Crippen molar-refractivity contribution >= 4 is 41.2 Å². The number of β-lactam (4-membered cyclic amide) rings is 1. The molecule has 1 amide bonds. The molecule has 14 nitrogen and oxygen atoms in total. The molecule has 0 spiro atoms. The zero-order valence-corrected chi connectivity index (χ0v) is 24.8. The number of ether oxygens (including phenoxy) is 3. The minimum absolute atomic E-state index is 0.0652. The van der Waals surface area contributed by atoms with Crippen molar-refractivity contribution in [2.24, 2.45) is 5.92 Å². The Morgan fingerprint density at radius 3 is 2.04 bits per heavy atom. The number of hydrogen-bond donors (Lipinski definition) is 0. The van der Waals surface area contributed by atoms with E-state index >= 15 is 0 Å². The molecule has 1 fully saturated rings. The molecule has 1 saturated heterocycles. The maximum Gasteiger partial charge on any atom is 0.509 e. The minimum atomic E-state index is -1.32. The van der Waals surface area contributed by atoms with Gasteiger partial charge in [0.1, 0.15) is 29.5 Å². The molecule has 232 valence electrons. The van der Waals surface area contributed by atoms with Gasteiger partial charge in [0.15, 0.2) is 0 Å². The second kappa shape index (κ2) is 12.7. The van der Waals surface area contributed by atoms with Crippen LogP contribution in [0.3, 0.4) is 0 Å². The number of fused-ring (bicyclic) bond motifs is 1. The van der Waals surface area contributed by atoms with Gasteiger partial charge in [-0.15, -0.1) is 0 Å². The predicted molar refractivity (Wildman–Crippen MR) is 157 cm³/mol. The van der Waals surface area contributed by atoms with E-state index < -0.39 is 45.4 Å². The van der Waals surface area contributed by atoms with Gasteiger partial charge in [0.05, 0.1) is 21.8 Å². The van der Waals surface area contributed by atoms with Crippen molar-refractivity contribution in [1.82, 2.24) is 9.88 Å². The fourth-order valence-corrected chi connectivity index (χ4v) is 6.19. The van der Waals surface area contributed by atoms with E-state index in [-0.39, 0.29) is 36.7 Å². The number of esters is 1. The van der Waals surface area contributed by atoms with E-state index in [0.717, 1.165) is 0 Å². The van der Waals surface area contributed by atoms with Crippen LogP contribution in [0.2, 0.25) is 0 Å². The third-order valence-electron chi connectivity index (χ3n) is 7.29. The number of benzene rings is 2. The SMILES string of the molecule is CC(C)(OC(=O)OCc1ccc([N+](=O)[O-])cc1)[C@@H]1C(=O)N2C(C(=O)OCc3ccc([N+](=O)[O-])cc3)=C(Sc3ccccn3)C[C@H]12. The number of carbonyl (C=O) groups is 3. The van der Waals surface area contributed by atoms with Crippen LogP contribution in [-0.2, 0) is 37.0 Å². The third-order valence-corrected chi connectivity index (χ3v) is 8.35. The summed E-state index contributed by atoms with van der Waals surface area (Å²) in [6.07, 6.45) is 0.859. The Morgan fingerprint density at radius 1 is 0.933 bits per heavy atom. The molecule has 0 bridgehead atoms. The van der Waals surface area contributed by atoms with E-state index in [2.05, 4.69) is 4.98 Å². The van der Waals surface area contributed by atoms with Crippen molar-refractivity contribution in [3.05, 3.63) is 115 Å². The highest BCUT2D eigenvalue weighted by atomic mass is 32.2. The molecule has 0 N–H and O–H groups in total. The largest absolute Gasteiger partial charge is 0.509 e. The van der Waals surface area contributed by atoms with Crippen molar-refractivity contribution < 1.29 is 38.4 Å². The van der Waals surface area contributed by atoms with Crippen molar-refractivity contribution in [2.45, 2.75) is 50.2 Å². The molecule has 1 aromatic heterocycles. The summed E-state index contributed by atoms with van der Waals surface area (Å²) >= 11 is 1.22. The quantitative estimate of drug-likeness (QED) is 0.115. The highest BCUT2D eigenvalue weighted by Gasteiger charge is 2.62. The average molecular weight is 635 g/mol. The average Bonchev–Trinajstić information content (AvgIpc) is 3.32. The highest BCUT2D eigenvalue weighted by Crippen LogP contribution is 2.51. The van der Waals surface area contributed by atoms with E-state index in [4.69, 9.17) is 14.2 Å². The molecular weight excluding hydrogens is 608 g/mol. The van der Waals surface area contributed by atoms with E-state index in [9.17, 15) is 34.6 Å². The third kappa shape index (κ3) is 6.77. The van der Waals surface area contributed by atoms with Gasteiger partial charge in [-0.2, -0.15) is 0 Å². The molecule has 3 aromatic rings. The van der Waals surface area contributed by atoms with Gasteiger partial charge in [-0.05, 0) is 61.4 Å². The van der Waals surface area contributed by atoms with Gasteiger partial charge in [-0.1, -0.05) is 17.8 Å². The van der Waals surface area contributed by atoms with Crippen molar-refractivity contribution in [3.63, 3.8) is 0 Å². The molecule has 5 rings (SSSR count). The number of thioether (sulfide) groups is 1. The molecular formula is C30H26N4O10S. The Bertz CT molecular complexity index is 1680. The summed E-state index contributed by atoms with van der Waals surface area (Å²) in [6, 6.07) is 15.8. The van der Waals surface area contributed by atoms with Gasteiger partial charge >= 0.3 is 12.1 Å². The fourth-order valence-electron chi connectivity index (χ4n) is 5.14. The monoisotopic (exact) mass is 634 g/mol. The van der Waals surface area contributed by atoms with Crippen LogP contribution in [0.1, 0.15) is 31.4 Å². The zero-order chi connectivity index (χ0) is 32.3. The standard InChI is InChI=1S/C30H26N4O10S/c1-30(2,44-29(37)43-17-19-8-12-21(13-9-19)34(40)41)25-22-15-23(45-24-5-3-4-14-31-24)26(32(22)27(25)35)28(36)42-16-18-6-10-20(11-7-18)33(38)39/h3-14,22,25H,15-17H2,1-2H3/t22-,25+/m1/s1. The molecule has 0 unspecified atom stereocenters. The highest BCUT2D eigenvalue weighted by molar-refractivity contribution is 8.03. The Labute approximate surface area is 260 Å². The van der Waals surface area contributed by atoms with E-state index in [1.165, 1.54) is 65.2 Å². The molecule has 15 heteroatoms. The van der Waals surface area contributed by atoms with E-state index in [1.54, 1.807) is 38.2 Å². The van der Waals surface area contributed by atoms with Crippen LogP contribution in [-0.4, -0.2) is 49.4 Å². The number of pyridine rings is 1. The Balaban J connectivity index is 1.27. The number of aromatic nitrogens is 1. The lowest BCUT2D eigenvalue weighted by Crippen LogP contribution is -2.66. The second-order valence-electron chi connectivity index (χ2n) is 10.7. The number of nitro groups is 2. The summed E-state index contributed by atoms with van der Waals surface area (Å²) in [4.78, 5) is 66.4. The summed E-state index contributed by atoms with van der Waals surface area (Å²) in [7, 11) is 0. The number of carbonyl (C=O) groups excluding carboxylic acids is 3. The number of non-ortho nitro benzene ring substituents is 2. The van der Waals surface area contributed by atoms with Gasteiger partial charge in [0.2, 0.25) is 5.91 Å². The van der Waals surface area contributed by atoms with Gasteiger partial charge in [0, 0.05) is 41.8 Å². The summed E-state index contributed by atoms with van der Waals surface area (Å²) in [5.41, 5.74) is -0.417. The molecule has 2 aliphatic rings. The Kier molecular flexibility index (Phi) is 8.81. The summed E-state index contributed by atoms with van der Waals surface area (Å²) in [5, 5.41) is 22.4. The van der Waals surface area contributed by atoms with Crippen LogP contribution >= 0.6 is 11.8 Å². The van der Waals surface area contributed by atoms with Crippen molar-refractivity contribution in [3.8, 4) is 0 Å². The fraction of sp³-hybridized carbons (Fsp3) is 0.267. The minimum Gasteiger partial charge on any atom is -0.456 e. The second-order valence-corrected chi connectivity index (χ2v) is 11.8. The van der Waals surface area contributed by atoms with E-state index in [1.807, 2.05) is 0 Å². The molecule has 2 aromatic carbocycles. The normalized spacial score (nSPS) is 17.3. The Morgan fingerprint density at radius 2 is 1.51 bits per heavy atom. The first kappa shape index (κ1) is 31.1. The lowest BCUT2D eigenvalue weighted by atomic mass is 9.76. The van der Waals surface area contributed by atoms with Crippen LogP contribution in [0, 0.1) is 26.1 Å². The first-order valence-electron chi connectivity index (χ1n) is 13.6. The summed E-state index contributed by atoms with van der Waals surface area (Å²) < 4.78 is 16.3. The molecule has 0 aliphatic carbocycles. The number of amides is 1. The van der Waals surface area contributed by atoms with Crippen molar-refractivity contribution in [2.75, 3.05) is 0 Å². The molecule has 0 radical (unpaired) electrons. The molecule has 3 heterocycles. The molecule has 2 atom stereocenters. The number of rotatable bonds is 11. The molecule has 2 aliphatic heterocycles. The predicted octanol–water partition coefficient (Wildman–Crippen LogP) is 5.31. The maximum absolute atomic E-state index is 13.5. The maximum atomic E-state index is 13.5. The first-order chi connectivity index (χ1) is 21.4. The zero-order valence-electron chi connectivity index (χ0n) is 24.0. The first-order valence-corrected chi connectivity index (χ1v) is 14.4. The van der Waals surface area contributed by atoms with Gasteiger partial charge in [-0.3, -0.25) is 25.0 Å². The van der Waals surface area contributed by atoms with Crippen LogP contribution in [0.5, 0.6) is 0 Å². The lowest BCUT2D eigenvalue weighted by molar-refractivity contribution is -0.385. The van der Waals surface area contributed by atoms with E-state index in [0.29, 0.717) is 21.1 Å². The summed E-state index contributed by atoms with van der Waals surface area (Å²) in [5.74, 6) is -1.99. The van der Waals surface area contributed by atoms with Gasteiger partial charge in [-0.25, -0.2) is 14.6 Å². The van der Waals surface area contributed by atoms with Crippen molar-refractivity contribution in [1.29, 1.82) is 0 Å². The number of nitrogens with zero attached hydrogens (tertiary/aromatic N) is 4. The van der Waals surface area contributed by atoms with Crippen LogP contribution in [0.15, 0.2) is 88.6 Å². The molecule has 45 heavy (non-hydrogen) atoms. The lowest BCUT2D eigenvalue weighted by Gasteiger charge is -2.49. The molecule has 0 saturated carbocycles. The smallest absolute Gasteiger partial charge is 0.456 e. The van der Waals surface area contributed by atoms with Crippen LogP contribution in [0.25, 0.3) is 0 Å². The summed E-state index contributed by atoms with van der Waals surface area (Å²) in [6.45, 7) is 2.79. The van der Waals surface area contributed by atoms with Crippen LogP contribution in [0.4, 0.5) is 16.2 Å². The van der Waals surface area contributed by atoms with Crippen LogP contribution < -0.4 is 0 Å². The van der Waals surface area contributed by atoms with Gasteiger partial charge < -0.3 is 19.1 Å². The number of hydrogen-bond acceptors (Lipinski definition) is 12.